The summed E-state index contributed by atoms with van der Waals surface area (Å²) in [6, 6.07) is 2.03. The second-order valence-corrected chi connectivity index (χ2v) is 5.01. The molecule has 0 amide bonds. The van der Waals surface area contributed by atoms with Crippen molar-refractivity contribution in [2.24, 2.45) is 11.8 Å². The SMILES string of the molecule is CCC(CC)Cn1ccc(C(O)C(C)C)c1. The highest BCUT2D eigenvalue weighted by molar-refractivity contribution is 5.14. The van der Waals surface area contributed by atoms with Crippen molar-refractivity contribution in [2.75, 3.05) is 0 Å². The summed E-state index contributed by atoms with van der Waals surface area (Å²) in [6.45, 7) is 9.63. The van der Waals surface area contributed by atoms with E-state index in [-0.39, 0.29) is 12.0 Å². The van der Waals surface area contributed by atoms with Crippen LogP contribution in [0.2, 0.25) is 0 Å². The molecule has 1 atom stereocenters. The van der Waals surface area contributed by atoms with E-state index in [2.05, 4.69) is 30.8 Å². The molecule has 0 fully saturated rings. The van der Waals surface area contributed by atoms with Gasteiger partial charge in [-0.3, -0.25) is 0 Å². The monoisotopic (exact) mass is 223 g/mol. The molecule has 16 heavy (non-hydrogen) atoms. The van der Waals surface area contributed by atoms with E-state index in [1.54, 1.807) is 0 Å². The van der Waals surface area contributed by atoms with Gasteiger partial charge in [-0.2, -0.15) is 0 Å². The highest BCUT2D eigenvalue weighted by atomic mass is 16.3. The molecule has 0 aromatic carbocycles. The van der Waals surface area contributed by atoms with Crippen LogP contribution in [0.5, 0.6) is 0 Å². The third kappa shape index (κ3) is 3.38. The first-order chi connectivity index (χ1) is 7.58. The number of aliphatic hydroxyl groups excluding tert-OH is 1. The number of nitrogens with zero attached hydrogens (tertiary/aromatic N) is 1. The van der Waals surface area contributed by atoms with Gasteiger partial charge in [-0.25, -0.2) is 0 Å². The van der Waals surface area contributed by atoms with Crippen molar-refractivity contribution in [3.8, 4) is 0 Å². The molecular weight excluding hydrogens is 198 g/mol. The molecule has 1 heterocycles. The molecule has 0 saturated carbocycles. The average Bonchev–Trinajstić information content (AvgIpc) is 2.73. The number of hydrogen-bond acceptors (Lipinski definition) is 1. The molecular formula is C14H25NO. The van der Waals surface area contributed by atoms with Crippen LogP contribution in [0.1, 0.15) is 52.2 Å². The minimum absolute atomic E-state index is 0.281. The zero-order valence-electron chi connectivity index (χ0n) is 11.0. The lowest BCUT2D eigenvalue weighted by Crippen LogP contribution is -2.08. The quantitative estimate of drug-likeness (QED) is 0.783. The van der Waals surface area contributed by atoms with E-state index in [4.69, 9.17) is 0 Å². The van der Waals surface area contributed by atoms with Crippen LogP contribution < -0.4 is 0 Å². The first kappa shape index (κ1) is 13.3. The Morgan fingerprint density at radius 1 is 1.25 bits per heavy atom. The molecule has 1 aromatic heterocycles. The van der Waals surface area contributed by atoms with Crippen LogP contribution >= 0.6 is 0 Å². The van der Waals surface area contributed by atoms with Gasteiger partial charge in [0.1, 0.15) is 0 Å². The van der Waals surface area contributed by atoms with Gasteiger partial charge in [-0.05, 0) is 23.5 Å². The standard InChI is InChI=1S/C14H25NO/c1-5-12(6-2)9-15-8-7-13(10-15)14(16)11(3)4/h7-8,10-12,14,16H,5-6,9H2,1-4H3. The third-order valence-corrected chi connectivity index (χ3v) is 3.37. The smallest absolute Gasteiger partial charge is 0.0827 e. The summed E-state index contributed by atoms with van der Waals surface area (Å²) in [7, 11) is 0. The predicted octanol–water partition coefficient (Wildman–Crippen LogP) is 3.61. The lowest BCUT2D eigenvalue weighted by molar-refractivity contribution is 0.127. The summed E-state index contributed by atoms with van der Waals surface area (Å²) in [6.07, 6.45) is 6.28. The summed E-state index contributed by atoms with van der Waals surface area (Å²) in [5.41, 5.74) is 1.04. The molecule has 0 aliphatic heterocycles. The number of rotatable bonds is 6. The summed E-state index contributed by atoms with van der Waals surface area (Å²) >= 11 is 0. The zero-order valence-corrected chi connectivity index (χ0v) is 11.0. The highest BCUT2D eigenvalue weighted by Crippen LogP contribution is 2.22. The lowest BCUT2D eigenvalue weighted by Gasteiger charge is -2.14. The normalized spacial score (nSPS) is 13.7. The Hall–Kier alpha value is -0.760. The van der Waals surface area contributed by atoms with Crippen LogP contribution in [-0.4, -0.2) is 9.67 Å². The number of aliphatic hydroxyl groups is 1. The molecule has 1 unspecified atom stereocenters. The van der Waals surface area contributed by atoms with Crippen molar-refractivity contribution in [2.45, 2.75) is 53.2 Å². The maximum absolute atomic E-state index is 9.95. The van der Waals surface area contributed by atoms with Gasteiger partial charge in [0.15, 0.2) is 0 Å². The van der Waals surface area contributed by atoms with Gasteiger partial charge in [0, 0.05) is 18.9 Å². The first-order valence-corrected chi connectivity index (χ1v) is 6.42. The van der Waals surface area contributed by atoms with Gasteiger partial charge in [0.2, 0.25) is 0 Å². The first-order valence-electron chi connectivity index (χ1n) is 6.42. The summed E-state index contributed by atoms with van der Waals surface area (Å²) in [5.74, 6) is 1.03. The Morgan fingerprint density at radius 3 is 2.38 bits per heavy atom. The number of hydrogen-bond donors (Lipinski definition) is 1. The molecule has 92 valence electrons. The second kappa shape index (κ2) is 6.09. The molecule has 2 nitrogen and oxygen atoms in total. The molecule has 1 aromatic rings. The topological polar surface area (TPSA) is 25.2 Å². The van der Waals surface area contributed by atoms with Gasteiger partial charge in [0.05, 0.1) is 6.10 Å². The van der Waals surface area contributed by atoms with Crippen molar-refractivity contribution in [3.05, 3.63) is 24.0 Å². The van der Waals surface area contributed by atoms with E-state index in [1.807, 2.05) is 19.9 Å². The van der Waals surface area contributed by atoms with Crippen LogP contribution in [-0.2, 0) is 6.54 Å². The summed E-state index contributed by atoms with van der Waals surface area (Å²) < 4.78 is 2.21. The minimum atomic E-state index is -0.331. The van der Waals surface area contributed by atoms with Crippen molar-refractivity contribution in [3.63, 3.8) is 0 Å². The number of aromatic nitrogens is 1. The minimum Gasteiger partial charge on any atom is -0.388 e. The van der Waals surface area contributed by atoms with E-state index in [9.17, 15) is 5.11 Å². The van der Waals surface area contributed by atoms with E-state index < -0.39 is 0 Å². The van der Waals surface area contributed by atoms with E-state index >= 15 is 0 Å². The van der Waals surface area contributed by atoms with Crippen molar-refractivity contribution < 1.29 is 5.11 Å². The van der Waals surface area contributed by atoms with Crippen LogP contribution in [0.3, 0.4) is 0 Å². The fourth-order valence-corrected chi connectivity index (χ4v) is 1.98. The lowest BCUT2D eigenvalue weighted by atomic mass is 10.0. The Morgan fingerprint density at radius 2 is 1.88 bits per heavy atom. The van der Waals surface area contributed by atoms with Gasteiger partial charge >= 0.3 is 0 Å². The molecule has 0 spiro atoms. The fraction of sp³-hybridized carbons (Fsp3) is 0.714. The molecule has 0 saturated heterocycles. The van der Waals surface area contributed by atoms with Gasteiger partial charge in [0.25, 0.3) is 0 Å². The third-order valence-electron chi connectivity index (χ3n) is 3.37. The molecule has 2 heteroatoms. The fourth-order valence-electron chi connectivity index (χ4n) is 1.98. The molecule has 1 N–H and O–H groups in total. The summed E-state index contributed by atoms with van der Waals surface area (Å²) in [5, 5.41) is 9.95. The van der Waals surface area contributed by atoms with E-state index in [0.29, 0.717) is 0 Å². The molecule has 0 bridgehead atoms. The van der Waals surface area contributed by atoms with E-state index in [1.165, 1.54) is 12.8 Å². The highest BCUT2D eigenvalue weighted by Gasteiger charge is 2.13. The maximum atomic E-state index is 9.95. The maximum Gasteiger partial charge on any atom is 0.0827 e. The Kier molecular flexibility index (Phi) is 5.07. The van der Waals surface area contributed by atoms with Crippen LogP contribution in [0, 0.1) is 11.8 Å². The van der Waals surface area contributed by atoms with Gasteiger partial charge in [-0.1, -0.05) is 40.5 Å². The molecule has 0 radical (unpaired) electrons. The van der Waals surface area contributed by atoms with Crippen molar-refractivity contribution in [1.29, 1.82) is 0 Å². The van der Waals surface area contributed by atoms with Crippen LogP contribution in [0.25, 0.3) is 0 Å². The predicted molar refractivity (Wildman–Crippen MR) is 68.3 cm³/mol. The van der Waals surface area contributed by atoms with Crippen LogP contribution in [0.15, 0.2) is 18.5 Å². The van der Waals surface area contributed by atoms with Crippen LogP contribution in [0.4, 0.5) is 0 Å². The van der Waals surface area contributed by atoms with Gasteiger partial charge in [-0.15, -0.1) is 0 Å². The molecule has 0 aliphatic rings. The Labute approximate surface area is 99.3 Å². The Bertz CT molecular complexity index is 299. The second-order valence-electron chi connectivity index (χ2n) is 5.01. The van der Waals surface area contributed by atoms with Crippen molar-refractivity contribution >= 4 is 0 Å². The average molecular weight is 223 g/mol. The largest absolute Gasteiger partial charge is 0.388 e. The molecule has 0 aliphatic carbocycles. The summed E-state index contributed by atoms with van der Waals surface area (Å²) in [4.78, 5) is 0. The van der Waals surface area contributed by atoms with Crippen molar-refractivity contribution in [1.82, 2.24) is 4.57 Å². The molecule has 1 rings (SSSR count). The van der Waals surface area contributed by atoms with Gasteiger partial charge < -0.3 is 9.67 Å². The Balaban J connectivity index is 2.64. The zero-order chi connectivity index (χ0) is 12.1. The van der Waals surface area contributed by atoms with E-state index in [0.717, 1.165) is 18.0 Å².